The Morgan fingerprint density at radius 1 is 1.05 bits per heavy atom. The van der Waals surface area contributed by atoms with Crippen molar-refractivity contribution in [2.75, 3.05) is 15.8 Å². The van der Waals surface area contributed by atoms with Gasteiger partial charge in [-0.05, 0) is 56.4 Å². The number of hydrogen-bond acceptors (Lipinski definition) is 3. The van der Waals surface area contributed by atoms with Crippen LogP contribution in [-0.4, -0.2) is 20.2 Å². The average Bonchev–Trinajstić information content (AvgIpc) is 2.66. The van der Waals surface area contributed by atoms with Crippen LogP contribution in [0.4, 0.5) is 11.4 Å². The smallest absolute Gasteiger partial charge is 0.232 e. The van der Waals surface area contributed by atoms with Crippen LogP contribution in [0.3, 0.4) is 0 Å². The summed E-state index contributed by atoms with van der Waals surface area (Å²) in [5, 5.41) is 3.57. The second-order valence-electron chi connectivity index (χ2n) is 6.04. The molecule has 0 heterocycles. The van der Waals surface area contributed by atoms with E-state index in [1.165, 1.54) is 32.1 Å². The molecule has 0 bridgehead atoms. The Kier molecular flexibility index (Phi) is 5.51. The molecule has 0 spiro atoms. The highest BCUT2D eigenvalue weighted by Crippen LogP contribution is 2.25. The molecule has 21 heavy (non-hydrogen) atoms. The van der Waals surface area contributed by atoms with Gasteiger partial charge in [-0.15, -0.1) is 0 Å². The molecule has 2 N–H and O–H groups in total. The number of anilines is 2. The molecule has 2 atom stereocenters. The van der Waals surface area contributed by atoms with Crippen LogP contribution in [0.2, 0.25) is 0 Å². The quantitative estimate of drug-likeness (QED) is 0.813. The SMILES string of the molecule is CCS(=O)(=O)Nc1ccc(NC2CCCC(C)CC2)cc1. The van der Waals surface area contributed by atoms with E-state index in [-0.39, 0.29) is 5.75 Å². The second-order valence-corrected chi connectivity index (χ2v) is 8.05. The van der Waals surface area contributed by atoms with Crippen LogP contribution >= 0.6 is 0 Å². The van der Waals surface area contributed by atoms with Crippen molar-refractivity contribution in [2.45, 2.75) is 52.0 Å². The summed E-state index contributed by atoms with van der Waals surface area (Å²) in [5.41, 5.74) is 1.69. The van der Waals surface area contributed by atoms with Gasteiger partial charge in [0.15, 0.2) is 0 Å². The first-order valence-electron chi connectivity index (χ1n) is 7.85. The lowest BCUT2D eigenvalue weighted by atomic mass is 10.0. The lowest BCUT2D eigenvalue weighted by Gasteiger charge is -2.18. The van der Waals surface area contributed by atoms with Crippen LogP contribution in [0.15, 0.2) is 24.3 Å². The van der Waals surface area contributed by atoms with Crippen molar-refractivity contribution in [1.82, 2.24) is 0 Å². The molecule has 0 saturated heterocycles. The van der Waals surface area contributed by atoms with Gasteiger partial charge in [0.05, 0.1) is 5.75 Å². The summed E-state index contributed by atoms with van der Waals surface area (Å²) in [6.07, 6.45) is 6.33. The third kappa shape index (κ3) is 5.23. The summed E-state index contributed by atoms with van der Waals surface area (Å²) in [4.78, 5) is 0. The largest absolute Gasteiger partial charge is 0.382 e. The van der Waals surface area contributed by atoms with Crippen LogP contribution in [0.1, 0.15) is 46.0 Å². The van der Waals surface area contributed by atoms with Gasteiger partial charge in [-0.2, -0.15) is 0 Å². The lowest BCUT2D eigenvalue weighted by molar-refractivity contribution is 0.502. The number of hydrogen-bond donors (Lipinski definition) is 2. The lowest BCUT2D eigenvalue weighted by Crippen LogP contribution is -2.18. The van der Waals surface area contributed by atoms with Gasteiger partial charge in [-0.3, -0.25) is 4.72 Å². The first-order valence-corrected chi connectivity index (χ1v) is 9.51. The van der Waals surface area contributed by atoms with E-state index in [9.17, 15) is 8.42 Å². The van der Waals surface area contributed by atoms with Crippen LogP contribution in [-0.2, 0) is 10.0 Å². The molecule has 0 aromatic heterocycles. The van der Waals surface area contributed by atoms with E-state index >= 15 is 0 Å². The van der Waals surface area contributed by atoms with Gasteiger partial charge in [-0.25, -0.2) is 8.42 Å². The fourth-order valence-electron chi connectivity index (χ4n) is 2.75. The second kappa shape index (κ2) is 7.16. The average molecular weight is 310 g/mol. The molecule has 0 amide bonds. The molecule has 1 fully saturated rings. The molecule has 5 heteroatoms. The number of nitrogens with one attached hydrogen (secondary N) is 2. The van der Waals surface area contributed by atoms with Crippen molar-refractivity contribution in [2.24, 2.45) is 5.92 Å². The predicted molar refractivity (Wildman–Crippen MR) is 89.2 cm³/mol. The van der Waals surface area contributed by atoms with Crippen molar-refractivity contribution in [3.8, 4) is 0 Å². The maximum atomic E-state index is 11.5. The Morgan fingerprint density at radius 3 is 2.38 bits per heavy atom. The highest BCUT2D eigenvalue weighted by atomic mass is 32.2. The van der Waals surface area contributed by atoms with E-state index in [2.05, 4.69) is 17.0 Å². The summed E-state index contributed by atoms with van der Waals surface area (Å²) in [6, 6.07) is 8.06. The molecular formula is C16H26N2O2S. The molecule has 2 rings (SSSR count). The first kappa shape index (κ1) is 16.1. The Morgan fingerprint density at radius 2 is 1.71 bits per heavy atom. The zero-order valence-electron chi connectivity index (χ0n) is 12.9. The van der Waals surface area contributed by atoms with Gasteiger partial charge in [0.1, 0.15) is 0 Å². The van der Waals surface area contributed by atoms with Crippen molar-refractivity contribution < 1.29 is 8.42 Å². The fraction of sp³-hybridized carbons (Fsp3) is 0.625. The highest BCUT2D eigenvalue weighted by molar-refractivity contribution is 7.92. The minimum atomic E-state index is -3.19. The molecule has 2 unspecified atom stereocenters. The van der Waals surface area contributed by atoms with Crippen LogP contribution in [0, 0.1) is 5.92 Å². The Labute approximate surface area is 128 Å². The minimum absolute atomic E-state index is 0.0905. The van der Waals surface area contributed by atoms with Gasteiger partial charge < -0.3 is 5.32 Å². The monoisotopic (exact) mass is 310 g/mol. The summed E-state index contributed by atoms with van der Waals surface area (Å²) in [6.45, 7) is 3.96. The Bertz CT molecular complexity index is 540. The van der Waals surface area contributed by atoms with Gasteiger partial charge >= 0.3 is 0 Å². The fourth-order valence-corrected chi connectivity index (χ4v) is 3.39. The topological polar surface area (TPSA) is 58.2 Å². The van der Waals surface area contributed by atoms with E-state index in [1.807, 2.05) is 24.3 Å². The summed E-state index contributed by atoms with van der Waals surface area (Å²) < 4.78 is 25.6. The molecular weight excluding hydrogens is 284 g/mol. The molecule has 1 aromatic carbocycles. The van der Waals surface area contributed by atoms with Crippen LogP contribution in [0.5, 0.6) is 0 Å². The van der Waals surface area contributed by atoms with E-state index in [0.29, 0.717) is 11.7 Å². The molecule has 0 aliphatic heterocycles. The maximum absolute atomic E-state index is 11.5. The third-order valence-electron chi connectivity index (χ3n) is 4.17. The molecule has 0 radical (unpaired) electrons. The number of benzene rings is 1. The minimum Gasteiger partial charge on any atom is -0.382 e. The zero-order chi connectivity index (χ0) is 15.3. The summed E-state index contributed by atoms with van der Waals surface area (Å²) in [5.74, 6) is 0.926. The van der Waals surface area contributed by atoms with Gasteiger partial charge in [0.2, 0.25) is 10.0 Å². The normalized spacial score (nSPS) is 23.3. The van der Waals surface area contributed by atoms with E-state index in [4.69, 9.17) is 0 Å². The van der Waals surface area contributed by atoms with Crippen LogP contribution in [0.25, 0.3) is 0 Å². The summed E-state index contributed by atoms with van der Waals surface area (Å²) in [7, 11) is -3.19. The molecule has 1 aliphatic carbocycles. The summed E-state index contributed by atoms with van der Waals surface area (Å²) >= 11 is 0. The van der Waals surface area contributed by atoms with Crippen molar-refractivity contribution in [3.63, 3.8) is 0 Å². The molecule has 4 nitrogen and oxygen atoms in total. The molecule has 118 valence electrons. The predicted octanol–water partition coefficient (Wildman–Crippen LogP) is 3.83. The van der Waals surface area contributed by atoms with Gasteiger partial charge in [0, 0.05) is 17.4 Å². The van der Waals surface area contributed by atoms with Crippen molar-refractivity contribution in [3.05, 3.63) is 24.3 Å². The highest BCUT2D eigenvalue weighted by Gasteiger charge is 2.15. The molecule has 1 saturated carbocycles. The van der Waals surface area contributed by atoms with E-state index in [0.717, 1.165) is 11.6 Å². The Balaban J connectivity index is 1.93. The van der Waals surface area contributed by atoms with E-state index in [1.54, 1.807) is 6.92 Å². The zero-order valence-corrected chi connectivity index (χ0v) is 13.7. The number of sulfonamides is 1. The molecule has 1 aliphatic rings. The maximum Gasteiger partial charge on any atom is 0.232 e. The van der Waals surface area contributed by atoms with Crippen LogP contribution < -0.4 is 10.0 Å². The van der Waals surface area contributed by atoms with Crippen molar-refractivity contribution >= 4 is 21.4 Å². The van der Waals surface area contributed by atoms with E-state index < -0.39 is 10.0 Å². The first-order chi connectivity index (χ1) is 9.98. The van der Waals surface area contributed by atoms with Gasteiger partial charge in [-0.1, -0.05) is 19.8 Å². The van der Waals surface area contributed by atoms with Crippen molar-refractivity contribution in [1.29, 1.82) is 0 Å². The Hall–Kier alpha value is -1.23. The number of rotatable bonds is 5. The molecule has 1 aromatic rings. The van der Waals surface area contributed by atoms with Gasteiger partial charge in [0.25, 0.3) is 0 Å². The third-order valence-corrected chi connectivity index (χ3v) is 5.47. The standard InChI is InChI=1S/C16H26N2O2S/c1-3-21(19,20)18-16-11-9-15(10-12-16)17-14-6-4-5-13(2)7-8-14/h9-14,17-18H,3-8H2,1-2H3.